The van der Waals surface area contributed by atoms with Gasteiger partial charge in [0.25, 0.3) is 5.56 Å². The second-order valence-corrected chi connectivity index (χ2v) is 8.24. The standard InChI is InChI=1S/C21H25N3O/c1-21(2,3)18-10-9-15-16(22-18)11-12-24-17(13-19(25)23-20(15)24)14-7-5-4-6-8-14/h9-14H,4-8H2,1-3H3. The molecule has 3 aromatic heterocycles. The minimum absolute atomic E-state index is 0.00262. The van der Waals surface area contributed by atoms with Crippen LogP contribution in [0.1, 0.15) is 70.2 Å². The van der Waals surface area contributed by atoms with Crippen LogP contribution < -0.4 is 5.56 Å². The molecule has 0 atom stereocenters. The van der Waals surface area contributed by atoms with Gasteiger partial charge in [-0.05, 0) is 37.0 Å². The van der Waals surface area contributed by atoms with Gasteiger partial charge in [0.05, 0.1) is 5.52 Å². The Balaban J connectivity index is 1.95. The lowest BCUT2D eigenvalue weighted by Crippen LogP contribution is -2.17. The zero-order valence-corrected chi connectivity index (χ0v) is 15.2. The molecule has 0 aromatic carbocycles. The lowest BCUT2D eigenvalue weighted by molar-refractivity contribution is 0.433. The van der Waals surface area contributed by atoms with Gasteiger partial charge in [-0.2, -0.15) is 4.98 Å². The maximum Gasteiger partial charge on any atom is 0.273 e. The van der Waals surface area contributed by atoms with Gasteiger partial charge < -0.3 is 4.40 Å². The topological polar surface area (TPSA) is 47.3 Å². The van der Waals surface area contributed by atoms with E-state index in [0.29, 0.717) is 5.92 Å². The Labute approximate surface area is 147 Å². The second-order valence-electron chi connectivity index (χ2n) is 8.24. The zero-order valence-electron chi connectivity index (χ0n) is 15.2. The van der Waals surface area contributed by atoms with Gasteiger partial charge in [-0.15, -0.1) is 0 Å². The molecule has 0 amide bonds. The molecule has 3 aromatic rings. The fourth-order valence-corrected chi connectivity index (χ4v) is 3.92. The normalized spacial score (nSPS) is 16.6. The van der Waals surface area contributed by atoms with Crippen LogP contribution in [-0.4, -0.2) is 14.4 Å². The Kier molecular flexibility index (Phi) is 3.86. The predicted octanol–water partition coefficient (Wildman–Crippen LogP) is 4.59. The van der Waals surface area contributed by atoms with E-state index in [1.807, 2.05) is 6.20 Å². The highest BCUT2D eigenvalue weighted by molar-refractivity contribution is 5.91. The molecule has 1 aliphatic rings. The molecule has 1 aliphatic carbocycles. The average molecular weight is 335 g/mol. The third kappa shape index (κ3) is 2.94. The van der Waals surface area contributed by atoms with Crippen molar-refractivity contribution >= 4 is 16.6 Å². The molecule has 3 heterocycles. The van der Waals surface area contributed by atoms with Crippen LogP contribution in [0.15, 0.2) is 35.3 Å². The second kappa shape index (κ2) is 5.94. The molecule has 0 unspecified atom stereocenters. The van der Waals surface area contributed by atoms with Gasteiger partial charge in [0, 0.05) is 34.5 Å². The molecule has 0 N–H and O–H groups in total. The van der Waals surface area contributed by atoms with E-state index in [2.05, 4.69) is 48.4 Å². The van der Waals surface area contributed by atoms with Crippen LogP contribution in [0.2, 0.25) is 0 Å². The van der Waals surface area contributed by atoms with E-state index in [4.69, 9.17) is 4.98 Å². The molecule has 1 fully saturated rings. The van der Waals surface area contributed by atoms with Crippen molar-refractivity contribution in [2.75, 3.05) is 0 Å². The van der Waals surface area contributed by atoms with Crippen LogP contribution in [-0.2, 0) is 5.41 Å². The molecule has 130 valence electrons. The van der Waals surface area contributed by atoms with Crippen molar-refractivity contribution in [3.05, 3.63) is 52.2 Å². The summed E-state index contributed by atoms with van der Waals surface area (Å²) in [6, 6.07) is 7.90. The number of fused-ring (bicyclic) bond motifs is 3. The number of hydrogen-bond acceptors (Lipinski definition) is 3. The van der Waals surface area contributed by atoms with Crippen LogP contribution in [0.5, 0.6) is 0 Å². The van der Waals surface area contributed by atoms with Crippen molar-refractivity contribution in [2.24, 2.45) is 0 Å². The molecule has 1 saturated carbocycles. The summed E-state index contributed by atoms with van der Waals surface area (Å²) < 4.78 is 2.11. The van der Waals surface area contributed by atoms with Crippen molar-refractivity contribution in [2.45, 2.75) is 64.2 Å². The van der Waals surface area contributed by atoms with Crippen molar-refractivity contribution in [1.29, 1.82) is 0 Å². The smallest absolute Gasteiger partial charge is 0.273 e. The van der Waals surface area contributed by atoms with Crippen molar-refractivity contribution in [1.82, 2.24) is 14.4 Å². The van der Waals surface area contributed by atoms with E-state index in [1.54, 1.807) is 6.07 Å². The summed E-state index contributed by atoms with van der Waals surface area (Å²) in [7, 11) is 0. The molecule has 0 saturated heterocycles. The molecule has 4 nitrogen and oxygen atoms in total. The van der Waals surface area contributed by atoms with Gasteiger partial charge in [0.1, 0.15) is 0 Å². The molecule has 0 radical (unpaired) electrons. The number of aromatic nitrogens is 3. The summed E-state index contributed by atoms with van der Waals surface area (Å²) in [4.78, 5) is 21.4. The Morgan fingerprint density at radius 1 is 1.04 bits per heavy atom. The fourth-order valence-electron chi connectivity index (χ4n) is 3.92. The number of nitrogens with zero attached hydrogens (tertiary/aromatic N) is 3. The van der Waals surface area contributed by atoms with E-state index in [0.717, 1.165) is 40.8 Å². The van der Waals surface area contributed by atoms with Crippen LogP contribution >= 0.6 is 0 Å². The first kappa shape index (κ1) is 16.2. The summed E-state index contributed by atoms with van der Waals surface area (Å²) in [6.45, 7) is 6.48. The summed E-state index contributed by atoms with van der Waals surface area (Å²) in [5.74, 6) is 0.455. The maximum absolute atomic E-state index is 12.3. The molecule has 0 bridgehead atoms. The van der Waals surface area contributed by atoms with E-state index in [-0.39, 0.29) is 11.0 Å². The van der Waals surface area contributed by atoms with Crippen LogP contribution in [0, 0.1) is 0 Å². The minimum atomic E-state index is -0.145. The summed E-state index contributed by atoms with van der Waals surface area (Å²) >= 11 is 0. The van der Waals surface area contributed by atoms with Gasteiger partial charge in [0.15, 0.2) is 5.65 Å². The molecular weight excluding hydrogens is 310 g/mol. The van der Waals surface area contributed by atoms with Gasteiger partial charge >= 0.3 is 0 Å². The van der Waals surface area contributed by atoms with Crippen LogP contribution in [0.25, 0.3) is 16.6 Å². The van der Waals surface area contributed by atoms with Crippen molar-refractivity contribution < 1.29 is 0 Å². The Hall–Kier alpha value is -2.23. The summed E-state index contributed by atoms with van der Waals surface area (Å²) in [6.07, 6.45) is 8.14. The van der Waals surface area contributed by atoms with E-state index in [1.165, 1.54) is 19.3 Å². The van der Waals surface area contributed by atoms with Crippen molar-refractivity contribution in [3.8, 4) is 0 Å². The molecule has 0 aliphatic heterocycles. The highest BCUT2D eigenvalue weighted by atomic mass is 16.1. The quantitative estimate of drug-likeness (QED) is 0.611. The third-order valence-corrected chi connectivity index (χ3v) is 5.33. The van der Waals surface area contributed by atoms with Crippen molar-refractivity contribution in [3.63, 3.8) is 0 Å². The lowest BCUT2D eigenvalue weighted by Gasteiger charge is -2.24. The Morgan fingerprint density at radius 2 is 1.80 bits per heavy atom. The monoisotopic (exact) mass is 335 g/mol. The first-order valence-corrected chi connectivity index (χ1v) is 9.27. The van der Waals surface area contributed by atoms with Gasteiger partial charge in [0.2, 0.25) is 0 Å². The SMILES string of the molecule is CC(C)(C)c1ccc2c(ccn3c(C4CCCCC4)cc(=O)nc23)n1. The fraction of sp³-hybridized carbons (Fsp3) is 0.476. The lowest BCUT2D eigenvalue weighted by atomic mass is 9.86. The van der Waals surface area contributed by atoms with E-state index < -0.39 is 0 Å². The first-order chi connectivity index (χ1) is 11.9. The zero-order chi connectivity index (χ0) is 17.6. The number of hydrogen-bond donors (Lipinski definition) is 0. The van der Waals surface area contributed by atoms with E-state index >= 15 is 0 Å². The molecule has 4 heteroatoms. The first-order valence-electron chi connectivity index (χ1n) is 9.27. The minimum Gasteiger partial charge on any atom is -0.304 e. The van der Waals surface area contributed by atoms with Gasteiger partial charge in [-0.3, -0.25) is 9.78 Å². The Bertz CT molecular complexity index is 992. The average Bonchev–Trinajstić information content (AvgIpc) is 2.60. The number of pyridine rings is 2. The van der Waals surface area contributed by atoms with Gasteiger partial charge in [-0.25, -0.2) is 0 Å². The molecule has 4 rings (SSSR count). The summed E-state index contributed by atoms with van der Waals surface area (Å²) in [5.41, 5.74) is 3.65. The highest BCUT2D eigenvalue weighted by Gasteiger charge is 2.20. The largest absolute Gasteiger partial charge is 0.304 e. The third-order valence-electron chi connectivity index (χ3n) is 5.33. The maximum atomic E-state index is 12.3. The highest BCUT2D eigenvalue weighted by Crippen LogP contribution is 2.33. The van der Waals surface area contributed by atoms with Crippen LogP contribution in [0.4, 0.5) is 0 Å². The van der Waals surface area contributed by atoms with E-state index in [9.17, 15) is 4.79 Å². The summed E-state index contributed by atoms with van der Waals surface area (Å²) in [5, 5.41) is 0.949. The Morgan fingerprint density at radius 3 is 2.52 bits per heavy atom. The van der Waals surface area contributed by atoms with Crippen LogP contribution in [0.3, 0.4) is 0 Å². The molecule has 25 heavy (non-hydrogen) atoms. The molecule has 0 spiro atoms. The number of rotatable bonds is 1. The van der Waals surface area contributed by atoms with Gasteiger partial charge in [-0.1, -0.05) is 40.0 Å². The predicted molar refractivity (Wildman–Crippen MR) is 101 cm³/mol. The molecular formula is C21H25N3O.